The van der Waals surface area contributed by atoms with Crippen LogP contribution in [0.3, 0.4) is 0 Å². The van der Waals surface area contributed by atoms with Crippen LogP contribution in [0.25, 0.3) is 0 Å². The van der Waals surface area contributed by atoms with Gasteiger partial charge in [-0.3, -0.25) is 25.6 Å². The summed E-state index contributed by atoms with van der Waals surface area (Å²) in [6.45, 7) is 6.61. The van der Waals surface area contributed by atoms with Crippen molar-refractivity contribution in [3.63, 3.8) is 0 Å². The molecule has 1 aromatic rings. The lowest BCUT2D eigenvalue weighted by Gasteiger charge is -2.35. The van der Waals surface area contributed by atoms with Crippen molar-refractivity contribution in [3.8, 4) is 0 Å². The molecular weight excluding hydrogens is 443 g/mol. The zero-order valence-electron chi connectivity index (χ0n) is 18.9. The summed E-state index contributed by atoms with van der Waals surface area (Å²) < 4.78 is 40.6. The number of alkyl halides is 3. The second-order valence-corrected chi connectivity index (χ2v) is 7.88. The maximum absolute atomic E-state index is 13.5. The molecule has 1 saturated heterocycles. The van der Waals surface area contributed by atoms with Gasteiger partial charge in [0, 0.05) is 32.4 Å². The number of amides is 2. The van der Waals surface area contributed by atoms with Crippen LogP contribution >= 0.6 is 0 Å². The van der Waals surface area contributed by atoms with E-state index in [4.69, 9.17) is 0 Å². The van der Waals surface area contributed by atoms with E-state index in [-0.39, 0.29) is 24.7 Å². The number of halogens is 3. The summed E-state index contributed by atoms with van der Waals surface area (Å²) in [7, 11) is 0. The number of carbonyl (C=O) groups excluding carboxylic acids is 2. The summed E-state index contributed by atoms with van der Waals surface area (Å²) in [6, 6.07) is 0. The fraction of sp³-hybridized carbons (Fsp3) is 0.700. The fourth-order valence-electron chi connectivity index (χ4n) is 3.58. The number of likely N-dealkylation sites (N-methyl/N-ethyl adjacent to an activating group) is 1. The van der Waals surface area contributed by atoms with Gasteiger partial charge >= 0.3 is 6.18 Å². The molecule has 2 heterocycles. The number of aromatic nitrogens is 2. The predicted molar refractivity (Wildman–Crippen MR) is 115 cm³/mol. The number of unbranched alkanes of at least 4 members (excludes halogenated alkanes) is 2. The number of rotatable bonds is 12. The zero-order valence-corrected chi connectivity index (χ0v) is 18.9. The van der Waals surface area contributed by atoms with Gasteiger partial charge in [-0.15, -0.1) is 0 Å². The molecular formula is C20H32F3N7O3. The Labute approximate surface area is 191 Å². The lowest BCUT2D eigenvalue weighted by atomic mass is 10.0. The molecule has 0 bridgehead atoms. The third-order valence-electron chi connectivity index (χ3n) is 5.55. The molecule has 1 atom stereocenters. The molecule has 0 unspecified atom stereocenters. The van der Waals surface area contributed by atoms with Gasteiger partial charge < -0.3 is 9.80 Å². The number of nitrogens with zero attached hydrogens (tertiary/aromatic N) is 5. The topological polar surface area (TPSA) is 114 Å². The predicted octanol–water partition coefficient (Wildman–Crippen LogP) is 2.12. The maximum atomic E-state index is 13.5. The number of hydrazine groups is 1. The van der Waals surface area contributed by atoms with E-state index in [0.29, 0.717) is 50.3 Å². The molecule has 186 valence electrons. The fourth-order valence-corrected chi connectivity index (χ4v) is 3.58. The molecule has 1 aromatic heterocycles. The third-order valence-corrected chi connectivity index (χ3v) is 5.55. The second-order valence-electron chi connectivity index (χ2n) is 7.88. The van der Waals surface area contributed by atoms with Gasteiger partial charge in [-0.25, -0.2) is 10.0 Å². The Morgan fingerprint density at radius 3 is 2.55 bits per heavy atom. The Balaban J connectivity index is 2.12. The van der Waals surface area contributed by atoms with Gasteiger partial charge in [0.1, 0.15) is 11.4 Å². The molecule has 1 fully saturated rings. The molecule has 1 aliphatic heterocycles. The molecule has 0 spiro atoms. The van der Waals surface area contributed by atoms with Gasteiger partial charge in [0.15, 0.2) is 0 Å². The average Bonchev–Trinajstić information content (AvgIpc) is 2.81. The van der Waals surface area contributed by atoms with Crippen LogP contribution in [0.1, 0.15) is 45.1 Å². The average molecular weight is 476 g/mol. The first-order chi connectivity index (χ1) is 15.7. The minimum Gasteiger partial charge on any atom is -0.353 e. The zero-order chi connectivity index (χ0) is 24.4. The summed E-state index contributed by atoms with van der Waals surface area (Å²) >= 11 is 0. The van der Waals surface area contributed by atoms with Gasteiger partial charge in [-0.05, 0) is 13.0 Å². The van der Waals surface area contributed by atoms with E-state index in [0.717, 1.165) is 19.4 Å². The van der Waals surface area contributed by atoms with Crippen LogP contribution in [0.5, 0.6) is 0 Å². The lowest BCUT2D eigenvalue weighted by Crippen LogP contribution is -2.47. The van der Waals surface area contributed by atoms with Crippen molar-refractivity contribution in [2.24, 2.45) is 5.92 Å². The molecule has 33 heavy (non-hydrogen) atoms. The summed E-state index contributed by atoms with van der Waals surface area (Å²) in [5.74, 6) is -1.68. The quantitative estimate of drug-likeness (QED) is 0.182. The minimum absolute atomic E-state index is 0.187. The Hall–Kier alpha value is -2.67. The molecule has 0 saturated carbocycles. The maximum Gasteiger partial charge on any atom is 0.421 e. The Bertz CT molecular complexity index is 774. The number of carbonyl (C=O) groups is 2. The van der Waals surface area contributed by atoms with Crippen LogP contribution in [0, 0.1) is 5.92 Å². The lowest BCUT2D eigenvalue weighted by molar-refractivity contribution is -0.154. The van der Waals surface area contributed by atoms with E-state index in [1.54, 1.807) is 4.90 Å². The van der Waals surface area contributed by atoms with E-state index in [2.05, 4.69) is 25.7 Å². The van der Waals surface area contributed by atoms with E-state index in [1.165, 1.54) is 0 Å². The number of anilines is 2. The summed E-state index contributed by atoms with van der Waals surface area (Å²) in [4.78, 5) is 34.7. The molecule has 0 aliphatic carbocycles. The van der Waals surface area contributed by atoms with Crippen LogP contribution in [0.4, 0.5) is 24.9 Å². The first-order valence-electron chi connectivity index (χ1n) is 11.1. The Morgan fingerprint density at radius 2 is 1.97 bits per heavy atom. The van der Waals surface area contributed by atoms with Crippen molar-refractivity contribution in [2.75, 3.05) is 49.6 Å². The van der Waals surface area contributed by atoms with E-state index < -0.39 is 23.6 Å². The monoisotopic (exact) mass is 475 g/mol. The number of piperazine rings is 1. The van der Waals surface area contributed by atoms with E-state index in [9.17, 15) is 28.0 Å². The largest absolute Gasteiger partial charge is 0.421 e. The SMILES string of the molecule is CCCCC[C@H](CN(O)C=O)C(=O)NNc1ncc(C(F)(F)F)c(N2CCN(CC)CC2)n1. The molecule has 10 nitrogen and oxygen atoms in total. The van der Waals surface area contributed by atoms with Gasteiger partial charge in [0.25, 0.3) is 0 Å². The number of nitrogens with one attached hydrogen (secondary N) is 2. The molecule has 13 heteroatoms. The second kappa shape index (κ2) is 12.5. The molecule has 2 rings (SSSR count). The van der Waals surface area contributed by atoms with Crippen molar-refractivity contribution in [1.82, 2.24) is 25.4 Å². The molecule has 1 aliphatic rings. The third kappa shape index (κ3) is 8.00. The molecule has 0 radical (unpaired) electrons. The number of hydrogen-bond donors (Lipinski definition) is 3. The van der Waals surface area contributed by atoms with E-state index in [1.807, 2.05) is 13.8 Å². The van der Waals surface area contributed by atoms with Gasteiger partial charge in [0.05, 0.1) is 12.5 Å². The van der Waals surface area contributed by atoms with Crippen LogP contribution in [-0.2, 0) is 15.8 Å². The standard InChI is InChI=1S/C20H32F3N7O3/c1-3-5-6-7-15(13-30(33)14-31)18(32)26-27-19-24-12-16(20(21,22)23)17(25-19)29-10-8-28(4-2)9-11-29/h12,14-15,33H,3-11,13H2,1-2H3,(H,26,32)(H,24,25,27)/t15-/m1/s1. The summed E-state index contributed by atoms with van der Waals surface area (Å²) in [5, 5.41) is 9.86. The Kier molecular flexibility index (Phi) is 10.1. The van der Waals surface area contributed by atoms with E-state index >= 15 is 0 Å². The summed E-state index contributed by atoms with van der Waals surface area (Å²) in [6.07, 6.45) is -0.777. The number of hydrogen-bond acceptors (Lipinski definition) is 8. The smallest absolute Gasteiger partial charge is 0.353 e. The van der Waals surface area contributed by atoms with Crippen LogP contribution in [0.2, 0.25) is 0 Å². The van der Waals surface area contributed by atoms with Gasteiger partial charge in [-0.2, -0.15) is 18.2 Å². The molecule has 0 aromatic carbocycles. The van der Waals surface area contributed by atoms with Crippen LogP contribution in [-0.4, -0.2) is 76.7 Å². The van der Waals surface area contributed by atoms with Crippen molar-refractivity contribution in [3.05, 3.63) is 11.8 Å². The van der Waals surface area contributed by atoms with Crippen LogP contribution < -0.4 is 15.8 Å². The first kappa shape index (κ1) is 26.6. The highest BCUT2D eigenvalue weighted by Gasteiger charge is 2.37. The first-order valence-corrected chi connectivity index (χ1v) is 11.1. The van der Waals surface area contributed by atoms with Gasteiger partial charge in [0.2, 0.25) is 18.3 Å². The van der Waals surface area contributed by atoms with Crippen molar-refractivity contribution < 1.29 is 28.0 Å². The summed E-state index contributed by atoms with van der Waals surface area (Å²) in [5.41, 5.74) is 3.91. The normalized spacial score (nSPS) is 15.8. The highest BCUT2D eigenvalue weighted by atomic mass is 19.4. The van der Waals surface area contributed by atoms with Crippen molar-refractivity contribution in [1.29, 1.82) is 0 Å². The minimum atomic E-state index is -4.62. The highest BCUT2D eigenvalue weighted by Crippen LogP contribution is 2.35. The molecule has 3 N–H and O–H groups in total. The Morgan fingerprint density at radius 1 is 1.27 bits per heavy atom. The van der Waals surface area contributed by atoms with Gasteiger partial charge in [-0.1, -0.05) is 33.1 Å². The van der Waals surface area contributed by atoms with Crippen molar-refractivity contribution >= 4 is 24.1 Å². The molecule has 2 amide bonds. The number of hydroxylamine groups is 2. The highest BCUT2D eigenvalue weighted by molar-refractivity contribution is 5.80. The van der Waals surface area contributed by atoms with Crippen molar-refractivity contribution in [2.45, 2.75) is 45.7 Å². The van der Waals surface area contributed by atoms with Crippen LogP contribution in [0.15, 0.2) is 6.20 Å².